The molecule has 1 N–H and O–H groups in total. The molecule has 0 spiro atoms. The number of H-pyrrole nitrogens is 1. The molecule has 0 bridgehead atoms. The van der Waals surface area contributed by atoms with Gasteiger partial charge in [-0.15, -0.1) is 5.10 Å². The second-order valence-corrected chi connectivity index (χ2v) is 5.67. The van der Waals surface area contributed by atoms with Gasteiger partial charge in [0.05, 0.1) is 9.82 Å². The third-order valence-corrected chi connectivity index (χ3v) is 3.95. The number of aromatic nitrogens is 3. The summed E-state index contributed by atoms with van der Waals surface area (Å²) in [5.41, 5.74) is 1.83. The number of nitro groups is 1. The van der Waals surface area contributed by atoms with Crippen LogP contribution in [0.3, 0.4) is 0 Å². The van der Waals surface area contributed by atoms with Crippen molar-refractivity contribution in [3.05, 3.63) is 64.2 Å². The van der Waals surface area contributed by atoms with Gasteiger partial charge >= 0.3 is 0 Å². The zero-order chi connectivity index (χ0) is 15.5. The van der Waals surface area contributed by atoms with Crippen molar-refractivity contribution >= 4 is 17.4 Å². The van der Waals surface area contributed by atoms with Crippen molar-refractivity contribution in [3.8, 4) is 11.4 Å². The Labute approximate surface area is 130 Å². The lowest BCUT2D eigenvalue weighted by Gasteiger charge is -2.00. The van der Waals surface area contributed by atoms with Gasteiger partial charge in [0, 0.05) is 11.6 Å². The minimum atomic E-state index is -0.389. The summed E-state index contributed by atoms with van der Waals surface area (Å²) >= 11 is 1.17. The molecule has 1 aromatic heterocycles. The highest BCUT2D eigenvalue weighted by atomic mass is 32.2. The van der Waals surface area contributed by atoms with E-state index < -0.39 is 0 Å². The van der Waals surface area contributed by atoms with Crippen LogP contribution >= 0.6 is 11.8 Å². The fourth-order valence-electron chi connectivity index (χ4n) is 1.97. The highest BCUT2D eigenvalue weighted by molar-refractivity contribution is 7.99. The van der Waals surface area contributed by atoms with E-state index >= 15 is 0 Å². The summed E-state index contributed by atoms with van der Waals surface area (Å²) in [6, 6.07) is 14.7. The summed E-state index contributed by atoms with van der Waals surface area (Å²) in [5.74, 6) is 0.637. The summed E-state index contributed by atoms with van der Waals surface area (Å²) in [5, 5.41) is 18.5. The van der Waals surface area contributed by atoms with Crippen molar-refractivity contribution in [2.75, 3.05) is 0 Å². The molecule has 22 heavy (non-hydrogen) atoms. The normalized spacial score (nSPS) is 10.6. The molecule has 0 saturated carbocycles. The van der Waals surface area contributed by atoms with E-state index in [0.29, 0.717) is 15.9 Å². The first kappa shape index (κ1) is 14.3. The van der Waals surface area contributed by atoms with Gasteiger partial charge in [-0.3, -0.25) is 15.2 Å². The van der Waals surface area contributed by atoms with Gasteiger partial charge in [0.1, 0.15) is 0 Å². The van der Waals surface area contributed by atoms with Crippen molar-refractivity contribution in [2.45, 2.75) is 17.0 Å². The van der Waals surface area contributed by atoms with Crippen molar-refractivity contribution in [1.82, 2.24) is 15.2 Å². The predicted molar refractivity (Wildman–Crippen MR) is 83.8 cm³/mol. The van der Waals surface area contributed by atoms with Crippen molar-refractivity contribution in [1.29, 1.82) is 0 Å². The van der Waals surface area contributed by atoms with Gasteiger partial charge in [-0.05, 0) is 30.3 Å². The van der Waals surface area contributed by atoms with E-state index in [4.69, 9.17) is 0 Å². The summed E-state index contributed by atoms with van der Waals surface area (Å²) < 4.78 is 0. The van der Waals surface area contributed by atoms with E-state index in [2.05, 4.69) is 15.2 Å². The largest absolute Gasteiger partial charge is 0.283 e. The number of nitrogens with one attached hydrogen (secondary N) is 1. The maximum atomic E-state index is 11.1. The van der Waals surface area contributed by atoms with Crippen molar-refractivity contribution < 1.29 is 4.92 Å². The van der Waals surface area contributed by atoms with Crippen LogP contribution in [0.15, 0.2) is 58.6 Å². The minimum Gasteiger partial charge on any atom is -0.258 e. The maximum absolute atomic E-state index is 11.1. The molecule has 6 nitrogen and oxygen atoms in total. The fraction of sp³-hybridized carbons (Fsp3) is 0.0667. The number of hydrogen-bond acceptors (Lipinski definition) is 5. The van der Waals surface area contributed by atoms with E-state index in [1.54, 1.807) is 12.1 Å². The van der Waals surface area contributed by atoms with Crippen LogP contribution < -0.4 is 0 Å². The molecule has 0 aliphatic heterocycles. The first-order valence-electron chi connectivity index (χ1n) is 6.54. The number of nitro benzene ring substituents is 1. The molecule has 1 heterocycles. The quantitative estimate of drug-likeness (QED) is 0.584. The van der Waals surface area contributed by atoms with E-state index in [1.165, 1.54) is 11.8 Å². The lowest BCUT2D eigenvalue weighted by molar-refractivity contribution is -0.387. The Balaban J connectivity index is 1.89. The zero-order valence-electron chi connectivity index (χ0n) is 11.7. The van der Waals surface area contributed by atoms with Crippen LogP contribution in [0.4, 0.5) is 5.69 Å². The average Bonchev–Trinajstić information content (AvgIpc) is 2.98. The standard InChI is InChI=1S/C15H12N4O2S/c1-10-7-8-13(12(9-10)19(20)21)22-15-16-14(17-18-15)11-5-3-2-4-6-11/h2-9H,1H3,(H,16,17,18). The minimum absolute atomic E-state index is 0.0658. The van der Waals surface area contributed by atoms with Crippen LogP contribution in [0.25, 0.3) is 11.4 Å². The molecular weight excluding hydrogens is 300 g/mol. The van der Waals surface area contributed by atoms with Gasteiger partial charge in [0.15, 0.2) is 5.82 Å². The predicted octanol–water partition coefficient (Wildman–Crippen LogP) is 3.84. The summed E-state index contributed by atoms with van der Waals surface area (Å²) in [6.07, 6.45) is 0. The van der Waals surface area contributed by atoms with Crippen molar-refractivity contribution in [2.24, 2.45) is 0 Å². The Kier molecular flexibility index (Phi) is 3.88. The first-order valence-corrected chi connectivity index (χ1v) is 7.36. The monoisotopic (exact) mass is 312 g/mol. The lowest BCUT2D eigenvalue weighted by Crippen LogP contribution is -1.92. The second-order valence-electron chi connectivity index (χ2n) is 4.66. The van der Waals surface area contributed by atoms with Gasteiger partial charge in [-0.25, -0.2) is 4.98 Å². The molecule has 0 radical (unpaired) electrons. The molecule has 0 unspecified atom stereocenters. The molecule has 2 aromatic carbocycles. The van der Waals surface area contributed by atoms with Crippen LogP contribution in [-0.2, 0) is 0 Å². The Morgan fingerprint density at radius 1 is 1.18 bits per heavy atom. The maximum Gasteiger partial charge on any atom is 0.283 e. The van der Waals surface area contributed by atoms with Crippen LogP contribution in [0.5, 0.6) is 0 Å². The van der Waals surface area contributed by atoms with Gasteiger partial charge in [-0.1, -0.05) is 36.4 Å². The number of aromatic amines is 1. The van der Waals surface area contributed by atoms with E-state index in [0.717, 1.165) is 11.1 Å². The van der Waals surface area contributed by atoms with E-state index in [1.807, 2.05) is 43.3 Å². The van der Waals surface area contributed by atoms with Gasteiger partial charge < -0.3 is 0 Å². The van der Waals surface area contributed by atoms with Crippen LogP contribution in [0, 0.1) is 17.0 Å². The second kappa shape index (κ2) is 5.98. The molecule has 110 valence electrons. The topological polar surface area (TPSA) is 84.7 Å². The molecule has 0 aliphatic carbocycles. The van der Waals surface area contributed by atoms with E-state index in [-0.39, 0.29) is 10.6 Å². The number of rotatable bonds is 4. The number of nitrogens with zero attached hydrogens (tertiary/aromatic N) is 3. The molecule has 0 saturated heterocycles. The van der Waals surface area contributed by atoms with E-state index in [9.17, 15) is 10.1 Å². The summed E-state index contributed by atoms with van der Waals surface area (Å²) in [7, 11) is 0. The van der Waals surface area contributed by atoms with Crippen molar-refractivity contribution in [3.63, 3.8) is 0 Å². The third-order valence-electron chi connectivity index (χ3n) is 3.02. The molecule has 0 atom stereocenters. The fourth-order valence-corrected chi connectivity index (χ4v) is 2.77. The third kappa shape index (κ3) is 2.99. The number of aryl methyl sites for hydroxylation is 1. The SMILES string of the molecule is Cc1ccc(Sc2n[nH]c(-c3ccccc3)n2)c([N+](=O)[O-])c1. The summed E-state index contributed by atoms with van der Waals surface area (Å²) in [4.78, 5) is 15.6. The Hall–Kier alpha value is -2.67. The molecule has 7 heteroatoms. The molecule has 0 fully saturated rings. The van der Waals surface area contributed by atoms with Gasteiger partial charge in [-0.2, -0.15) is 0 Å². The van der Waals surface area contributed by atoms with Crippen LogP contribution in [0.1, 0.15) is 5.56 Å². The highest BCUT2D eigenvalue weighted by Gasteiger charge is 2.17. The lowest BCUT2D eigenvalue weighted by atomic mass is 10.2. The first-order chi connectivity index (χ1) is 10.6. The molecule has 3 rings (SSSR count). The average molecular weight is 312 g/mol. The number of hydrogen-bond donors (Lipinski definition) is 1. The van der Waals surface area contributed by atoms with Crippen LogP contribution in [-0.4, -0.2) is 20.1 Å². The van der Waals surface area contributed by atoms with Gasteiger partial charge in [0.2, 0.25) is 5.16 Å². The molecule has 3 aromatic rings. The summed E-state index contributed by atoms with van der Waals surface area (Å²) in [6.45, 7) is 1.82. The smallest absolute Gasteiger partial charge is 0.258 e. The zero-order valence-corrected chi connectivity index (χ0v) is 12.5. The number of benzene rings is 2. The highest BCUT2D eigenvalue weighted by Crippen LogP contribution is 2.34. The Bertz CT molecular complexity index is 817. The Morgan fingerprint density at radius 3 is 2.68 bits per heavy atom. The van der Waals surface area contributed by atoms with Crippen LogP contribution in [0.2, 0.25) is 0 Å². The Morgan fingerprint density at radius 2 is 1.95 bits per heavy atom. The molecule has 0 aliphatic rings. The molecular formula is C15H12N4O2S. The van der Waals surface area contributed by atoms with Gasteiger partial charge in [0.25, 0.3) is 5.69 Å². The molecule has 0 amide bonds.